The summed E-state index contributed by atoms with van der Waals surface area (Å²) in [5.41, 5.74) is 6.79. The van der Waals surface area contributed by atoms with Gasteiger partial charge in [-0.25, -0.2) is 9.37 Å². The number of benzene rings is 3. The number of anilines is 2. The van der Waals surface area contributed by atoms with Crippen molar-refractivity contribution < 1.29 is 13.9 Å². The number of carbonyl (C=O) groups is 1. The van der Waals surface area contributed by atoms with E-state index in [1.807, 2.05) is 48.0 Å². The minimum absolute atomic E-state index is 0.0594. The molecule has 0 radical (unpaired) electrons. The summed E-state index contributed by atoms with van der Waals surface area (Å²) < 4.78 is 21.7. The summed E-state index contributed by atoms with van der Waals surface area (Å²) in [5, 5.41) is 7.30. The molecule has 0 aliphatic carbocycles. The third kappa shape index (κ3) is 4.53. The highest BCUT2D eigenvalue weighted by atomic mass is 32.1. The number of halogens is 1. The molecular formula is C28H23FN4O2S. The summed E-state index contributed by atoms with van der Waals surface area (Å²) in [6, 6.07) is 18.3. The number of hydrogen-bond donors (Lipinski definition) is 2. The molecule has 5 aromatic rings. The number of rotatable bonds is 5. The summed E-state index contributed by atoms with van der Waals surface area (Å²) in [4.78, 5) is 21.5. The normalized spacial score (nSPS) is 14.2. The van der Waals surface area contributed by atoms with E-state index in [2.05, 4.69) is 20.6 Å². The average molecular weight is 499 g/mol. The molecule has 3 aromatic carbocycles. The quantitative estimate of drug-likeness (QED) is 0.297. The number of amides is 1. The topological polar surface area (TPSA) is 76.1 Å². The molecule has 1 saturated heterocycles. The molecule has 1 aliphatic heterocycles. The Labute approximate surface area is 211 Å². The molecule has 3 heterocycles. The smallest absolute Gasteiger partial charge is 0.251 e. The van der Waals surface area contributed by atoms with Gasteiger partial charge in [0.2, 0.25) is 0 Å². The molecule has 0 saturated carbocycles. The van der Waals surface area contributed by atoms with Crippen LogP contribution in [-0.2, 0) is 4.74 Å². The maximum atomic E-state index is 15.2. The molecule has 0 spiro atoms. The van der Waals surface area contributed by atoms with Crippen LogP contribution in [0.15, 0.2) is 72.4 Å². The highest BCUT2D eigenvalue weighted by Gasteiger charge is 2.18. The number of thiazole rings is 1. The lowest BCUT2D eigenvalue weighted by atomic mass is 10.00. The molecule has 1 amide bonds. The van der Waals surface area contributed by atoms with E-state index in [0.717, 1.165) is 45.3 Å². The number of nitrogens with one attached hydrogen (secondary N) is 2. The molecule has 2 aromatic heterocycles. The first kappa shape index (κ1) is 22.6. The minimum Gasteiger partial charge on any atom is -0.381 e. The SMILES string of the molecule is O=C(NC1CCOCC1)c1ccc(-c2ccc3nccc(Nc4ccc5scnc5c4)c3c2)c(F)c1. The van der Waals surface area contributed by atoms with Gasteiger partial charge in [-0.15, -0.1) is 11.3 Å². The zero-order valence-electron chi connectivity index (χ0n) is 19.3. The van der Waals surface area contributed by atoms with Crippen molar-refractivity contribution in [2.24, 2.45) is 0 Å². The number of aromatic nitrogens is 2. The molecule has 180 valence electrons. The molecule has 6 rings (SSSR count). The van der Waals surface area contributed by atoms with E-state index in [4.69, 9.17) is 4.74 Å². The fraction of sp³-hybridized carbons (Fsp3) is 0.179. The van der Waals surface area contributed by atoms with Crippen LogP contribution in [0.25, 0.3) is 32.2 Å². The molecule has 6 nitrogen and oxygen atoms in total. The van der Waals surface area contributed by atoms with Gasteiger partial charge in [-0.1, -0.05) is 12.1 Å². The summed E-state index contributed by atoms with van der Waals surface area (Å²) in [5.74, 6) is -0.708. The van der Waals surface area contributed by atoms with Crippen LogP contribution < -0.4 is 10.6 Å². The van der Waals surface area contributed by atoms with E-state index in [9.17, 15) is 4.79 Å². The van der Waals surface area contributed by atoms with Gasteiger partial charge in [0.05, 0.1) is 21.2 Å². The predicted octanol–water partition coefficient (Wildman–Crippen LogP) is 6.30. The Balaban J connectivity index is 1.29. The second kappa shape index (κ2) is 9.64. The van der Waals surface area contributed by atoms with Crippen molar-refractivity contribution in [1.82, 2.24) is 15.3 Å². The van der Waals surface area contributed by atoms with Gasteiger partial charge in [0.15, 0.2) is 0 Å². The van der Waals surface area contributed by atoms with E-state index < -0.39 is 5.82 Å². The van der Waals surface area contributed by atoms with E-state index in [0.29, 0.717) is 29.9 Å². The lowest BCUT2D eigenvalue weighted by Crippen LogP contribution is -2.38. The van der Waals surface area contributed by atoms with Gasteiger partial charge in [-0.2, -0.15) is 0 Å². The molecule has 8 heteroatoms. The summed E-state index contributed by atoms with van der Waals surface area (Å²) in [7, 11) is 0. The molecule has 36 heavy (non-hydrogen) atoms. The average Bonchev–Trinajstić information content (AvgIpc) is 3.37. The first-order valence-corrected chi connectivity index (χ1v) is 12.7. The summed E-state index contributed by atoms with van der Waals surface area (Å²) >= 11 is 1.60. The lowest BCUT2D eigenvalue weighted by Gasteiger charge is -2.23. The van der Waals surface area contributed by atoms with Crippen molar-refractivity contribution in [1.29, 1.82) is 0 Å². The van der Waals surface area contributed by atoms with Crippen LogP contribution in [0.2, 0.25) is 0 Å². The van der Waals surface area contributed by atoms with Gasteiger partial charge in [-0.3, -0.25) is 9.78 Å². The van der Waals surface area contributed by atoms with Crippen molar-refractivity contribution in [3.63, 3.8) is 0 Å². The Morgan fingerprint density at radius 3 is 2.72 bits per heavy atom. The van der Waals surface area contributed by atoms with Crippen LogP contribution in [0.3, 0.4) is 0 Å². The number of fused-ring (bicyclic) bond motifs is 2. The molecule has 0 bridgehead atoms. The first-order valence-electron chi connectivity index (χ1n) is 11.8. The van der Waals surface area contributed by atoms with Crippen LogP contribution in [0.5, 0.6) is 0 Å². The fourth-order valence-corrected chi connectivity index (χ4v) is 5.17. The maximum absolute atomic E-state index is 15.2. The number of ether oxygens (including phenoxy) is 1. The van der Waals surface area contributed by atoms with Crippen molar-refractivity contribution in [2.45, 2.75) is 18.9 Å². The zero-order valence-corrected chi connectivity index (χ0v) is 20.1. The van der Waals surface area contributed by atoms with Gasteiger partial charge in [0.1, 0.15) is 5.82 Å². The second-order valence-corrected chi connectivity index (χ2v) is 9.69. The number of hydrogen-bond acceptors (Lipinski definition) is 6. The number of pyridine rings is 1. The number of nitrogens with zero attached hydrogens (tertiary/aromatic N) is 2. The van der Waals surface area contributed by atoms with Gasteiger partial charge >= 0.3 is 0 Å². The molecule has 0 unspecified atom stereocenters. The first-order chi connectivity index (χ1) is 17.6. The highest BCUT2D eigenvalue weighted by molar-refractivity contribution is 7.16. The number of carbonyl (C=O) groups excluding carboxylic acids is 1. The van der Waals surface area contributed by atoms with Crippen LogP contribution in [0, 0.1) is 5.82 Å². The van der Waals surface area contributed by atoms with Gasteiger partial charge < -0.3 is 15.4 Å². The van der Waals surface area contributed by atoms with Crippen molar-refractivity contribution >= 4 is 49.7 Å². The standard InChI is InChI=1S/C28H23FN4O2S/c29-23-14-18(28(34)33-19-8-11-35-12-9-19)1-4-21(23)17-2-5-24-22(13-17)25(7-10-30-24)32-20-3-6-27-26(15-20)31-16-36-27/h1-7,10,13-16,19H,8-9,11-12H2,(H,30,32)(H,33,34). The Morgan fingerprint density at radius 2 is 1.86 bits per heavy atom. The zero-order chi connectivity index (χ0) is 24.5. The molecule has 0 atom stereocenters. The Kier molecular flexibility index (Phi) is 6.04. The van der Waals surface area contributed by atoms with E-state index >= 15 is 4.39 Å². The minimum atomic E-state index is -0.443. The summed E-state index contributed by atoms with van der Waals surface area (Å²) in [6.45, 7) is 1.26. The maximum Gasteiger partial charge on any atom is 0.251 e. The third-order valence-electron chi connectivity index (χ3n) is 6.45. The molecule has 1 aliphatic rings. The summed E-state index contributed by atoms with van der Waals surface area (Å²) in [6.07, 6.45) is 3.29. The monoisotopic (exact) mass is 498 g/mol. The van der Waals surface area contributed by atoms with Gasteiger partial charge in [-0.05, 0) is 66.9 Å². The Hall–Kier alpha value is -3.88. The van der Waals surface area contributed by atoms with Gasteiger partial charge in [0, 0.05) is 53.3 Å². The Morgan fingerprint density at radius 1 is 0.972 bits per heavy atom. The second-order valence-electron chi connectivity index (χ2n) is 8.81. The van der Waals surface area contributed by atoms with Crippen molar-refractivity contribution in [3.8, 4) is 11.1 Å². The van der Waals surface area contributed by atoms with Crippen LogP contribution in [0.1, 0.15) is 23.2 Å². The lowest BCUT2D eigenvalue weighted by molar-refractivity contribution is 0.0696. The third-order valence-corrected chi connectivity index (χ3v) is 7.26. The fourth-order valence-electron chi connectivity index (χ4n) is 4.51. The molecule has 1 fully saturated rings. The van der Waals surface area contributed by atoms with Crippen molar-refractivity contribution in [2.75, 3.05) is 18.5 Å². The van der Waals surface area contributed by atoms with E-state index in [1.54, 1.807) is 29.7 Å². The largest absolute Gasteiger partial charge is 0.381 e. The predicted molar refractivity (Wildman–Crippen MR) is 141 cm³/mol. The Bertz CT molecular complexity index is 1580. The van der Waals surface area contributed by atoms with Crippen molar-refractivity contribution in [3.05, 3.63) is 83.8 Å². The highest BCUT2D eigenvalue weighted by Crippen LogP contribution is 2.32. The van der Waals surface area contributed by atoms with E-state index in [-0.39, 0.29) is 11.9 Å². The molecule has 2 N–H and O–H groups in total. The van der Waals surface area contributed by atoms with Crippen LogP contribution >= 0.6 is 11.3 Å². The van der Waals surface area contributed by atoms with E-state index in [1.165, 1.54) is 6.07 Å². The van der Waals surface area contributed by atoms with Crippen LogP contribution in [0.4, 0.5) is 15.8 Å². The van der Waals surface area contributed by atoms with Gasteiger partial charge in [0.25, 0.3) is 5.91 Å². The van der Waals surface area contributed by atoms with Crippen LogP contribution in [-0.4, -0.2) is 35.1 Å². The molecular weight excluding hydrogens is 475 g/mol.